The standard InChI is InChI=1S/C21H30N6O5/c28-18(25-15(21(31)32)10-13-11-22-12-24-13)16-5-2-8-26(16)20(30)17-6-3-9-27(17)19(29)14-4-1-7-23-14/h11-12,14-17,23H,1-10H2,(H,22,24)(H,25,28)(H,31,32). The molecule has 0 spiro atoms. The van der Waals surface area contributed by atoms with Crippen LogP contribution in [0.15, 0.2) is 12.5 Å². The lowest BCUT2D eigenvalue weighted by molar-refractivity contribution is -0.148. The van der Waals surface area contributed by atoms with Gasteiger partial charge in [-0.3, -0.25) is 14.4 Å². The Labute approximate surface area is 185 Å². The van der Waals surface area contributed by atoms with Gasteiger partial charge in [0, 0.05) is 31.4 Å². The third-order valence-electron chi connectivity index (χ3n) is 6.61. The Balaban J connectivity index is 1.41. The molecule has 0 bridgehead atoms. The summed E-state index contributed by atoms with van der Waals surface area (Å²) in [5.74, 6) is -1.88. The minimum Gasteiger partial charge on any atom is -0.480 e. The van der Waals surface area contributed by atoms with E-state index in [4.69, 9.17) is 0 Å². The zero-order valence-electron chi connectivity index (χ0n) is 18.0. The molecule has 11 nitrogen and oxygen atoms in total. The minimum absolute atomic E-state index is 0.0379. The van der Waals surface area contributed by atoms with Crippen LogP contribution in [-0.2, 0) is 25.6 Å². The van der Waals surface area contributed by atoms with E-state index < -0.39 is 30.0 Å². The van der Waals surface area contributed by atoms with Crippen LogP contribution in [-0.4, -0.2) is 92.4 Å². The van der Waals surface area contributed by atoms with Crippen molar-refractivity contribution >= 4 is 23.7 Å². The number of carboxylic acids is 1. The van der Waals surface area contributed by atoms with Gasteiger partial charge in [0.05, 0.1) is 12.4 Å². The molecule has 3 amide bonds. The zero-order valence-corrected chi connectivity index (χ0v) is 18.0. The van der Waals surface area contributed by atoms with Crippen LogP contribution in [0, 0.1) is 0 Å². The van der Waals surface area contributed by atoms with Gasteiger partial charge in [0.2, 0.25) is 17.7 Å². The summed E-state index contributed by atoms with van der Waals surface area (Å²) in [4.78, 5) is 60.8. The lowest BCUT2D eigenvalue weighted by Gasteiger charge is -2.32. The van der Waals surface area contributed by atoms with E-state index in [0.29, 0.717) is 38.0 Å². The molecule has 32 heavy (non-hydrogen) atoms. The highest BCUT2D eigenvalue weighted by molar-refractivity contribution is 5.95. The second-order valence-electron chi connectivity index (χ2n) is 8.71. The predicted octanol–water partition coefficient (Wildman–Crippen LogP) is -0.744. The fraction of sp³-hybridized carbons (Fsp3) is 0.667. The number of aromatic amines is 1. The number of rotatable bonds is 7. The molecule has 0 radical (unpaired) electrons. The predicted molar refractivity (Wildman–Crippen MR) is 112 cm³/mol. The van der Waals surface area contributed by atoms with Crippen LogP contribution in [0.25, 0.3) is 0 Å². The molecule has 1 aromatic rings. The molecule has 4 heterocycles. The summed E-state index contributed by atoms with van der Waals surface area (Å²) in [6, 6.07) is -2.65. The van der Waals surface area contributed by atoms with Crippen LogP contribution in [0.2, 0.25) is 0 Å². The number of aliphatic carboxylic acids is 1. The first-order valence-corrected chi connectivity index (χ1v) is 11.3. The maximum atomic E-state index is 13.4. The number of H-pyrrole nitrogens is 1. The van der Waals surface area contributed by atoms with Crippen LogP contribution >= 0.6 is 0 Å². The molecule has 0 saturated carbocycles. The van der Waals surface area contributed by atoms with E-state index in [1.165, 1.54) is 17.4 Å². The lowest BCUT2D eigenvalue weighted by atomic mass is 10.1. The van der Waals surface area contributed by atoms with Gasteiger partial charge in [-0.05, 0) is 45.1 Å². The Hall–Kier alpha value is -2.95. The first kappa shape index (κ1) is 22.3. The van der Waals surface area contributed by atoms with Crippen molar-refractivity contribution < 1.29 is 24.3 Å². The first-order chi connectivity index (χ1) is 15.5. The topological polar surface area (TPSA) is 148 Å². The van der Waals surface area contributed by atoms with Crippen molar-refractivity contribution in [2.75, 3.05) is 19.6 Å². The summed E-state index contributed by atoms with van der Waals surface area (Å²) in [7, 11) is 0. The van der Waals surface area contributed by atoms with E-state index >= 15 is 0 Å². The number of hydrogen-bond acceptors (Lipinski definition) is 6. The van der Waals surface area contributed by atoms with Crippen molar-refractivity contribution in [2.45, 2.75) is 69.1 Å². The van der Waals surface area contributed by atoms with Crippen LogP contribution in [0.1, 0.15) is 44.2 Å². The van der Waals surface area contributed by atoms with Crippen LogP contribution in [0.5, 0.6) is 0 Å². The van der Waals surface area contributed by atoms with E-state index in [9.17, 15) is 24.3 Å². The van der Waals surface area contributed by atoms with Crippen molar-refractivity contribution in [1.29, 1.82) is 0 Å². The van der Waals surface area contributed by atoms with Gasteiger partial charge in [-0.25, -0.2) is 9.78 Å². The van der Waals surface area contributed by atoms with Crippen molar-refractivity contribution in [3.05, 3.63) is 18.2 Å². The number of nitrogens with zero attached hydrogens (tertiary/aromatic N) is 3. The molecule has 1 aromatic heterocycles. The van der Waals surface area contributed by atoms with Gasteiger partial charge in [-0.2, -0.15) is 0 Å². The number of hydrogen-bond donors (Lipinski definition) is 4. The molecule has 0 aliphatic carbocycles. The Bertz CT molecular complexity index is 853. The van der Waals surface area contributed by atoms with Gasteiger partial charge in [0.1, 0.15) is 18.1 Å². The van der Waals surface area contributed by atoms with Gasteiger partial charge in [-0.15, -0.1) is 0 Å². The molecular weight excluding hydrogens is 416 g/mol. The van der Waals surface area contributed by atoms with Crippen molar-refractivity contribution in [2.24, 2.45) is 0 Å². The van der Waals surface area contributed by atoms with Gasteiger partial charge in [0.25, 0.3) is 0 Å². The van der Waals surface area contributed by atoms with E-state index in [2.05, 4.69) is 20.6 Å². The molecule has 3 aliphatic rings. The third-order valence-corrected chi connectivity index (χ3v) is 6.61. The largest absolute Gasteiger partial charge is 0.480 e. The quantitative estimate of drug-likeness (QED) is 0.431. The summed E-state index contributed by atoms with van der Waals surface area (Å²) < 4.78 is 0. The fourth-order valence-corrected chi connectivity index (χ4v) is 4.96. The highest BCUT2D eigenvalue weighted by Gasteiger charge is 2.44. The lowest BCUT2D eigenvalue weighted by Crippen LogP contribution is -2.56. The van der Waals surface area contributed by atoms with Crippen molar-refractivity contribution in [3.8, 4) is 0 Å². The smallest absolute Gasteiger partial charge is 0.326 e. The fourth-order valence-electron chi connectivity index (χ4n) is 4.96. The van der Waals surface area contributed by atoms with E-state index in [1.54, 1.807) is 4.90 Å². The molecule has 4 unspecified atom stereocenters. The molecule has 3 fully saturated rings. The highest BCUT2D eigenvalue weighted by atomic mass is 16.4. The van der Waals surface area contributed by atoms with Crippen LogP contribution in [0.4, 0.5) is 0 Å². The average Bonchev–Trinajstić information content (AvgIpc) is 3.57. The van der Waals surface area contributed by atoms with Gasteiger partial charge >= 0.3 is 5.97 Å². The molecule has 3 saturated heterocycles. The van der Waals surface area contributed by atoms with Gasteiger partial charge < -0.3 is 30.5 Å². The van der Waals surface area contributed by atoms with Gasteiger partial charge in [0.15, 0.2) is 0 Å². The molecule has 11 heteroatoms. The normalized spacial score (nSPS) is 26.3. The summed E-state index contributed by atoms with van der Waals surface area (Å²) in [6.45, 7) is 1.78. The van der Waals surface area contributed by atoms with Crippen molar-refractivity contribution in [3.63, 3.8) is 0 Å². The first-order valence-electron chi connectivity index (χ1n) is 11.3. The number of amides is 3. The van der Waals surface area contributed by atoms with Crippen molar-refractivity contribution in [1.82, 2.24) is 30.4 Å². The molecule has 4 N–H and O–H groups in total. The second-order valence-corrected chi connectivity index (χ2v) is 8.71. The number of carbonyl (C=O) groups excluding carboxylic acids is 3. The van der Waals surface area contributed by atoms with Crippen LogP contribution < -0.4 is 10.6 Å². The molecule has 174 valence electrons. The number of carboxylic acid groups (broad SMARTS) is 1. The third kappa shape index (κ3) is 4.62. The maximum Gasteiger partial charge on any atom is 0.326 e. The monoisotopic (exact) mass is 446 g/mol. The second kappa shape index (κ2) is 9.68. The van der Waals surface area contributed by atoms with E-state index in [1.807, 2.05) is 0 Å². The number of nitrogens with one attached hydrogen (secondary N) is 3. The summed E-state index contributed by atoms with van der Waals surface area (Å²) in [5, 5.41) is 15.3. The zero-order chi connectivity index (χ0) is 22.7. The maximum absolute atomic E-state index is 13.4. The Morgan fingerprint density at radius 3 is 2.41 bits per heavy atom. The summed E-state index contributed by atoms with van der Waals surface area (Å²) in [5.41, 5.74) is 0.595. The Morgan fingerprint density at radius 2 is 1.78 bits per heavy atom. The van der Waals surface area contributed by atoms with E-state index in [-0.39, 0.29) is 24.3 Å². The molecule has 3 aliphatic heterocycles. The molecule has 0 aromatic carbocycles. The van der Waals surface area contributed by atoms with E-state index in [0.717, 1.165) is 25.8 Å². The number of likely N-dealkylation sites (tertiary alicyclic amines) is 2. The molecular formula is C21H30N6O5. The average molecular weight is 447 g/mol. The Kier molecular flexibility index (Phi) is 6.73. The summed E-state index contributed by atoms with van der Waals surface area (Å²) in [6.07, 6.45) is 7.22. The summed E-state index contributed by atoms with van der Waals surface area (Å²) >= 11 is 0. The molecule has 4 rings (SSSR count). The minimum atomic E-state index is -1.15. The molecule has 4 atom stereocenters. The van der Waals surface area contributed by atoms with Gasteiger partial charge in [-0.1, -0.05) is 0 Å². The SMILES string of the molecule is O=C(O)C(Cc1cnc[nH]1)NC(=O)C1CCCN1C(=O)C1CCCN1C(=O)C1CCCN1. The Morgan fingerprint density at radius 1 is 1.06 bits per heavy atom. The van der Waals surface area contributed by atoms with Crippen LogP contribution in [0.3, 0.4) is 0 Å². The number of imidazole rings is 1. The number of carbonyl (C=O) groups is 4. The highest BCUT2D eigenvalue weighted by Crippen LogP contribution is 2.26. The number of aromatic nitrogens is 2.